The van der Waals surface area contributed by atoms with Gasteiger partial charge in [-0.25, -0.2) is 5.43 Å². The maximum Gasteiger partial charge on any atom is 0.244 e. The first kappa shape index (κ1) is 23.2. The van der Waals surface area contributed by atoms with Crippen LogP contribution in [0.4, 0.5) is 0 Å². The molecule has 0 unspecified atom stereocenters. The minimum atomic E-state index is -0.210. The summed E-state index contributed by atoms with van der Waals surface area (Å²) in [6.07, 6.45) is 3.96. The highest BCUT2D eigenvalue weighted by Gasteiger charge is 2.10. The van der Waals surface area contributed by atoms with E-state index in [9.17, 15) is 4.79 Å². The minimum absolute atomic E-state index is 0.181. The molecule has 0 aliphatic heterocycles. The van der Waals surface area contributed by atoms with Crippen LogP contribution >= 0.6 is 0 Å². The number of ether oxygens (including phenoxy) is 2. The Balaban J connectivity index is 1.34. The normalized spacial score (nSPS) is 11.3. The van der Waals surface area contributed by atoms with Crippen LogP contribution in [0.2, 0.25) is 0 Å². The smallest absolute Gasteiger partial charge is 0.244 e. The SMILES string of the molecule is COc1ccc(CC(=O)N/N=C\c2cn(Cc3cccc4ccccc34)c3ccccc23)cc1OC. The number of para-hydroxylation sites is 1. The monoisotopic (exact) mass is 477 g/mol. The summed E-state index contributed by atoms with van der Waals surface area (Å²) in [5.41, 5.74) is 6.76. The van der Waals surface area contributed by atoms with Crippen molar-refractivity contribution in [3.05, 3.63) is 108 Å². The van der Waals surface area contributed by atoms with Gasteiger partial charge in [0.05, 0.1) is 26.9 Å². The molecular weight excluding hydrogens is 450 g/mol. The Hall–Kier alpha value is -4.58. The lowest BCUT2D eigenvalue weighted by Crippen LogP contribution is -2.19. The van der Waals surface area contributed by atoms with Crippen LogP contribution < -0.4 is 14.9 Å². The van der Waals surface area contributed by atoms with Gasteiger partial charge < -0.3 is 14.0 Å². The number of nitrogens with zero attached hydrogens (tertiary/aromatic N) is 2. The first-order valence-electron chi connectivity index (χ1n) is 11.7. The number of nitrogens with one attached hydrogen (secondary N) is 1. The van der Waals surface area contributed by atoms with Crippen LogP contribution in [0.15, 0.2) is 96.2 Å². The summed E-state index contributed by atoms with van der Waals surface area (Å²) in [6.45, 7) is 0.737. The number of carbonyl (C=O) groups is 1. The van der Waals surface area contributed by atoms with Crippen LogP contribution in [0.5, 0.6) is 11.5 Å². The molecular formula is C30H27N3O3. The number of amides is 1. The number of hydrazone groups is 1. The highest BCUT2D eigenvalue weighted by Crippen LogP contribution is 2.28. The Labute approximate surface area is 209 Å². The van der Waals surface area contributed by atoms with Crippen molar-refractivity contribution in [2.75, 3.05) is 14.2 Å². The van der Waals surface area contributed by atoms with Gasteiger partial charge in [0.25, 0.3) is 0 Å². The molecule has 0 aliphatic carbocycles. The quantitative estimate of drug-likeness (QED) is 0.235. The summed E-state index contributed by atoms with van der Waals surface area (Å²) in [4.78, 5) is 12.5. The van der Waals surface area contributed by atoms with Crippen molar-refractivity contribution in [2.24, 2.45) is 5.10 Å². The molecule has 5 aromatic rings. The molecule has 1 amide bonds. The van der Waals surface area contributed by atoms with E-state index >= 15 is 0 Å². The molecule has 1 N–H and O–H groups in total. The standard InChI is InChI=1S/C30H27N3O3/c1-35-28-15-14-21(16-29(28)36-2)17-30(34)32-31-18-24-20-33(27-13-6-5-12-26(24)27)19-23-10-7-9-22-8-3-4-11-25(22)23/h3-16,18,20H,17,19H2,1-2H3,(H,32,34)/b31-18-. The Morgan fingerprint density at radius 3 is 2.47 bits per heavy atom. The van der Waals surface area contributed by atoms with E-state index in [0.717, 1.165) is 28.6 Å². The topological polar surface area (TPSA) is 64.8 Å². The van der Waals surface area contributed by atoms with Crippen molar-refractivity contribution in [3.63, 3.8) is 0 Å². The van der Waals surface area contributed by atoms with Crippen LogP contribution in [0, 0.1) is 0 Å². The average Bonchev–Trinajstić information content (AvgIpc) is 3.26. The molecule has 6 heteroatoms. The van der Waals surface area contributed by atoms with Crippen molar-refractivity contribution < 1.29 is 14.3 Å². The lowest BCUT2D eigenvalue weighted by atomic mass is 10.0. The molecule has 0 fully saturated rings. The van der Waals surface area contributed by atoms with Gasteiger partial charge in [-0.1, -0.05) is 66.7 Å². The Kier molecular flexibility index (Phi) is 6.67. The van der Waals surface area contributed by atoms with E-state index in [1.54, 1.807) is 32.6 Å². The van der Waals surface area contributed by atoms with Gasteiger partial charge in [0, 0.05) is 29.2 Å². The Bertz CT molecular complexity index is 1560. The Morgan fingerprint density at radius 2 is 1.64 bits per heavy atom. The van der Waals surface area contributed by atoms with Crippen LogP contribution in [0.3, 0.4) is 0 Å². The second-order valence-corrected chi connectivity index (χ2v) is 8.53. The number of aromatic nitrogens is 1. The van der Waals surface area contributed by atoms with Crippen LogP contribution in [-0.4, -0.2) is 30.9 Å². The maximum absolute atomic E-state index is 12.5. The predicted molar refractivity (Wildman–Crippen MR) is 144 cm³/mol. The number of hydrogen-bond acceptors (Lipinski definition) is 4. The summed E-state index contributed by atoms with van der Waals surface area (Å²) in [6, 6.07) is 28.5. The molecule has 6 nitrogen and oxygen atoms in total. The van der Waals surface area contributed by atoms with E-state index in [-0.39, 0.29) is 12.3 Å². The molecule has 0 radical (unpaired) electrons. The zero-order valence-corrected chi connectivity index (χ0v) is 20.3. The lowest BCUT2D eigenvalue weighted by Gasteiger charge is -2.09. The molecule has 5 rings (SSSR count). The van der Waals surface area contributed by atoms with Gasteiger partial charge in [0.15, 0.2) is 11.5 Å². The second kappa shape index (κ2) is 10.4. The molecule has 36 heavy (non-hydrogen) atoms. The lowest BCUT2D eigenvalue weighted by molar-refractivity contribution is -0.120. The fraction of sp³-hybridized carbons (Fsp3) is 0.133. The summed E-state index contributed by atoms with van der Waals surface area (Å²) < 4.78 is 12.8. The molecule has 0 saturated carbocycles. The first-order valence-corrected chi connectivity index (χ1v) is 11.7. The Morgan fingerprint density at radius 1 is 0.889 bits per heavy atom. The van der Waals surface area contributed by atoms with Crippen molar-refractivity contribution >= 4 is 33.8 Å². The van der Waals surface area contributed by atoms with E-state index < -0.39 is 0 Å². The van der Waals surface area contributed by atoms with Gasteiger partial charge in [-0.15, -0.1) is 0 Å². The van der Waals surface area contributed by atoms with Crippen molar-refractivity contribution in [3.8, 4) is 11.5 Å². The molecule has 0 bridgehead atoms. The number of methoxy groups -OCH3 is 2. The third kappa shape index (κ3) is 4.79. The highest BCUT2D eigenvalue weighted by molar-refractivity contribution is 6.00. The van der Waals surface area contributed by atoms with Crippen molar-refractivity contribution in [1.82, 2.24) is 9.99 Å². The first-order chi connectivity index (χ1) is 17.7. The third-order valence-corrected chi connectivity index (χ3v) is 6.25. The molecule has 4 aromatic carbocycles. The number of fused-ring (bicyclic) bond motifs is 2. The zero-order valence-electron chi connectivity index (χ0n) is 20.3. The summed E-state index contributed by atoms with van der Waals surface area (Å²) in [7, 11) is 3.15. The van der Waals surface area contributed by atoms with Crippen LogP contribution in [0.1, 0.15) is 16.7 Å². The molecule has 1 aromatic heterocycles. The van der Waals surface area contributed by atoms with Gasteiger partial charge in [0.2, 0.25) is 5.91 Å². The van der Waals surface area contributed by atoms with Gasteiger partial charge >= 0.3 is 0 Å². The van der Waals surface area contributed by atoms with E-state index in [4.69, 9.17) is 9.47 Å². The van der Waals surface area contributed by atoms with E-state index in [1.807, 2.05) is 18.2 Å². The van der Waals surface area contributed by atoms with Crippen molar-refractivity contribution in [2.45, 2.75) is 13.0 Å². The zero-order chi connectivity index (χ0) is 24.9. The highest BCUT2D eigenvalue weighted by atomic mass is 16.5. The van der Waals surface area contributed by atoms with Gasteiger partial charge in [-0.2, -0.15) is 5.10 Å². The number of carbonyl (C=O) groups excluding carboxylic acids is 1. The van der Waals surface area contributed by atoms with Gasteiger partial charge in [0.1, 0.15) is 0 Å². The molecule has 0 spiro atoms. The summed E-state index contributed by atoms with van der Waals surface area (Å²) in [5.74, 6) is 1.00. The van der Waals surface area contributed by atoms with Gasteiger partial charge in [-0.05, 0) is 40.1 Å². The number of rotatable bonds is 8. The van der Waals surface area contributed by atoms with E-state index in [2.05, 4.69) is 75.9 Å². The predicted octanol–water partition coefficient (Wildman–Crippen LogP) is 5.55. The third-order valence-electron chi connectivity index (χ3n) is 6.25. The van der Waals surface area contributed by atoms with E-state index in [0.29, 0.717) is 11.5 Å². The van der Waals surface area contributed by atoms with Crippen LogP contribution in [-0.2, 0) is 17.8 Å². The molecule has 180 valence electrons. The molecule has 0 aliphatic rings. The van der Waals surface area contributed by atoms with Gasteiger partial charge in [-0.3, -0.25) is 4.79 Å². The molecule has 1 heterocycles. The molecule has 0 atom stereocenters. The minimum Gasteiger partial charge on any atom is -0.493 e. The van der Waals surface area contributed by atoms with Crippen molar-refractivity contribution in [1.29, 1.82) is 0 Å². The second-order valence-electron chi connectivity index (χ2n) is 8.53. The maximum atomic E-state index is 12.5. The number of hydrogen-bond donors (Lipinski definition) is 1. The summed E-state index contributed by atoms with van der Waals surface area (Å²) >= 11 is 0. The van der Waals surface area contributed by atoms with Crippen LogP contribution in [0.25, 0.3) is 21.7 Å². The summed E-state index contributed by atoms with van der Waals surface area (Å²) in [5, 5.41) is 7.79. The average molecular weight is 478 g/mol. The number of benzene rings is 4. The fourth-order valence-electron chi connectivity index (χ4n) is 4.51. The fourth-order valence-corrected chi connectivity index (χ4v) is 4.51. The van der Waals surface area contributed by atoms with E-state index in [1.165, 1.54) is 16.3 Å². The molecule has 0 saturated heterocycles. The largest absolute Gasteiger partial charge is 0.493 e.